The number of anilines is 1. The molecule has 2 saturated carbocycles. The van der Waals surface area contributed by atoms with Gasteiger partial charge in [-0.05, 0) is 85.0 Å². The molecule has 1 aromatic carbocycles. The molecule has 1 aromatic rings. The summed E-state index contributed by atoms with van der Waals surface area (Å²) in [7, 11) is 1.66. The van der Waals surface area contributed by atoms with Gasteiger partial charge in [0.15, 0.2) is 6.19 Å². The van der Waals surface area contributed by atoms with Gasteiger partial charge in [0.05, 0.1) is 18.9 Å². The van der Waals surface area contributed by atoms with Gasteiger partial charge in [0.1, 0.15) is 5.75 Å². The highest BCUT2D eigenvalue weighted by Gasteiger charge is 2.54. The van der Waals surface area contributed by atoms with Crippen molar-refractivity contribution in [3.8, 4) is 11.9 Å². The predicted molar refractivity (Wildman–Crippen MR) is 92.9 cm³/mol. The van der Waals surface area contributed by atoms with E-state index in [0.717, 1.165) is 37.1 Å². The number of nitriles is 1. The third-order valence-electron chi connectivity index (χ3n) is 7.19. The standard InChI is InChI=1S/C20H26N2O2/c1-20-8-7-13-14(16(20)5-6-19(20)23)4-3-12-9-17(22-11-21)18(24-2)10-15(12)13/h9-10,13-14,16,19,22-23H,3-8H2,1-2H3/t13-,14+,16-,19-,20-/m0/s1. The first kappa shape index (κ1) is 15.8. The van der Waals surface area contributed by atoms with Crippen LogP contribution in [0.5, 0.6) is 5.75 Å². The molecule has 24 heavy (non-hydrogen) atoms. The fraction of sp³-hybridized carbons (Fsp3) is 0.650. The number of rotatable bonds is 2. The van der Waals surface area contributed by atoms with Crippen molar-refractivity contribution in [1.29, 1.82) is 5.26 Å². The summed E-state index contributed by atoms with van der Waals surface area (Å²) >= 11 is 0. The Morgan fingerprint density at radius 2 is 2.12 bits per heavy atom. The van der Waals surface area contributed by atoms with Crippen LogP contribution in [0.25, 0.3) is 0 Å². The molecule has 0 amide bonds. The van der Waals surface area contributed by atoms with E-state index in [1.807, 2.05) is 6.19 Å². The highest BCUT2D eigenvalue weighted by Crippen LogP contribution is 2.61. The molecule has 2 fully saturated rings. The molecule has 128 valence electrons. The van der Waals surface area contributed by atoms with Crippen molar-refractivity contribution in [2.45, 2.75) is 57.5 Å². The lowest BCUT2D eigenvalue weighted by Gasteiger charge is -2.50. The number of benzene rings is 1. The Labute approximate surface area is 143 Å². The lowest BCUT2D eigenvalue weighted by atomic mass is 9.55. The second kappa shape index (κ2) is 5.67. The van der Waals surface area contributed by atoms with Crippen molar-refractivity contribution in [3.05, 3.63) is 23.3 Å². The first-order valence-corrected chi connectivity index (χ1v) is 9.12. The van der Waals surface area contributed by atoms with Crippen molar-refractivity contribution in [3.63, 3.8) is 0 Å². The van der Waals surface area contributed by atoms with Gasteiger partial charge in [-0.15, -0.1) is 0 Å². The van der Waals surface area contributed by atoms with Gasteiger partial charge in [-0.25, -0.2) is 0 Å². The average Bonchev–Trinajstić information content (AvgIpc) is 2.89. The van der Waals surface area contributed by atoms with Crippen LogP contribution in [-0.4, -0.2) is 18.3 Å². The molecule has 0 unspecified atom stereocenters. The number of fused-ring (bicyclic) bond motifs is 5. The van der Waals surface area contributed by atoms with Gasteiger partial charge in [0, 0.05) is 0 Å². The largest absolute Gasteiger partial charge is 0.495 e. The van der Waals surface area contributed by atoms with Crippen LogP contribution in [0.1, 0.15) is 56.1 Å². The van der Waals surface area contributed by atoms with Gasteiger partial charge in [0.25, 0.3) is 0 Å². The van der Waals surface area contributed by atoms with Crippen LogP contribution in [-0.2, 0) is 6.42 Å². The quantitative estimate of drug-likeness (QED) is 0.641. The van der Waals surface area contributed by atoms with E-state index in [-0.39, 0.29) is 11.5 Å². The summed E-state index contributed by atoms with van der Waals surface area (Å²) in [5.74, 6) is 2.65. The van der Waals surface area contributed by atoms with Crippen LogP contribution in [0.15, 0.2) is 12.1 Å². The summed E-state index contributed by atoms with van der Waals surface area (Å²) < 4.78 is 5.51. The first-order valence-electron chi connectivity index (χ1n) is 9.12. The monoisotopic (exact) mass is 326 g/mol. The number of methoxy groups -OCH3 is 1. The Kier molecular flexibility index (Phi) is 3.73. The SMILES string of the molecule is COc1cc2c(cc1NC#N)CC[C@@H]1[C@@H]2CC[C@]2(C)[C@@H](O)CC[C@@H]12. The van der Waals surface area contributed by atoms with Crippen molar-refractivity contribution in [1.82, 2.24) is 0 Å². The van der Waals surface area contributed by atoms with E-state index in [4.69, 9.17) is 10.00 Å². The maximum Gasteiger partial charge on any atom is 0.181 e. The second-order valence-electron chi connectivity index (χ2n) is 8.04. The number of nitrogens with one attached hydrogen (secondary N) is 1. The van der Waals surface area contributed by atoms with Crippen LogP contribution in [0.3, 0.4) is 0 Å². The second-order valence-corrected chi connectivity index (χ2v) is 8.04. The number of ether oxygens (including phenoxy) is 1. The number of nitrogens with zero attached hydrogens (tertiary/aromatic N) is 1. The minimum atomic E-state index is -0.124. The molecule has 0 bridgehead atoms. The van der Waals surface area contributed by atoms with Gasteiger partial charge in [0.2, 0.25) is 0 Å². The molecule has 4 nitrogen and oxygen atoms in total. The fourth-order valence-electron chi connectivity index (χ4n) is 5.90. The Balaban J connectivity index is 1.71. The molecule has 2 N–H and O–H groups in total. The van der Waals surface area contributed by atoms with Gasteiger partial charge in [-0.3, -0.25) is 5.32 Å². The Hall–Kier alpha value is -1.73. The zero-order chi connectivity index (χ0) is 16.9. The minimum absolute atomic E-state index is 0.116. The lowest BCUT2D eigenvalue weighted by Crippen LogP contribution is -2.43. The molecule has 3 aliphatic carbocycles. The molecule has 0 saturated heterocycles. The number of hydrogen-bond acceptors (Lipinski definition) is 4. The van der Waals surface area contributed by atoms with Crippen LogP contribution in [0, 0.1) is 28.7 Å². The van der Waals surface area contributed by atoms with Crippen molar-refractivity contribution >= 4 is 5.69 Å². The van der Waals surface area contributed by atoms with Crippen LogP contribution in [0.4, 0.5) is 5.69 Å². The van der Waals surface area contributed by atoms with Gasteiger partial charge in [-0.1, -0.05) is 6.92 Å². The third kappa shape index (κ3) is 2.14. The molecule has 0 aromatic heterocycles. The first-order chi connectivity index (χ1) is 11.6. The number of aliphatic hydroxyl groups is 1. The molecule has 0 heterocycles. The summed E-state index contributed by atoms with van der Waals surface area (Å²) in [5, 5.41) is 22.2. The topological polar surface area (TPSA) is 65.3 Å². The van der Waals surface area contributed by atoms with E-state index >= 15 is 0 Å². The highest BCUT2D eigenvalue weighted by molar-refractivity contribution is 5.63. The zero-order valence-corrected chi connectivity index (χ0v) is 14.5. The van der Waals surface area contributed by atoms with Crippen LogP contribution < -0.4 is 10.1 Å². The van der Waals surface area contributed by atoms with E-state index in [2.05, 4.69) is 24.4 Å². The maximum atomic E-state index is 10.5. The van der Waals surface area contributed by atoms with Crippen molar-refractivity contribution in [2.24, 2.45) is 17.3 Å². The molecule has 0 radical (unpaired) electrons. The van der Waals surface area contributed by atoms with Gasteiger partial charge >= 0.3 is 0 Å². The summed E-state index contributed by atoms with van der Waals surface area (Å²) in [6, 6.07) is 4.25. The van der Waals surface area contributed by atoms with E-state index in [9.17, 15) is 5.11 Å². The van der Waals surface area contributed by atoms with Gasteiger partial charge in [-0.2, -0.15) is 5.26 Å². The minimum Gasteiger partial charge on any atom is -0.495 e. The smallest absolute Gasteiger partial charge is 0.181 e. The van der Waals surface area contributed by atoms with E-state index in [0.29, 0.717) is 17.8 Å². The van der Waals surface area contributed by atoms with Crippen LogP contribution >= 0.6 is 0 Å². The Bertz CT molecular complexity index is 696. The third-order valence-corrected chi connectivity index (χ3v) is 7.19. The van der Waals surface area contributed by atoms with Crippen molar-refractivity contribution in [2.75, 3.05) is 12.4 Å². The average molecular weight is 326 g/mol. The molecular formula is C20H26N2O2. The molecule has 4 heteroatoms. The highest BCUT2D eigenvalue weighted by atomic mass is 16.5. The van der Waals surface area contributed by atoms with E-state index in [1.54, 1.807) is 7.11 Å². The lowest BCUT2D eigenvalue weighted by molar-refractivity contribution is -0.0226. The summed E-state index contributed by atoms with van der Waals surface area (Å²) in [6.45, 7) is 2.31. The molecule has 0 aliphatic heterocycles. The predicted octanol–water partition coefficient (Wildman–Crippen LogP) is 3.81. The molecule has 3 aliphatic rings. The van der Waals surface area contributed by atoms with Crippen LogP contribution in [0.2, 0.25) is 0 Å². The Morgan fingerprint density at radius 3 is 2.88 bits per heavy atom. The molecule has 4 rings (SSSR count). The molecular weight excluding hydrogens is 300 g/mol. The molecule has 5 atom stereocenters. The number of aliphatic hydroxyl groups excluding tert-OH is 1. The summed E-state index contributed by atoms with van der Waals surface area (Å²) in [6.07, 6.45) is 8.53. The molecule has 0 spiro atoms. The number of hydrogen-bond donors (Lipinski definition) is 2. The van der Waals surface area contributed by atoms with Gasteiger partial charge < -0.3 is 9.84 Å². The van der Waals surface area contributed by atoms with E-state index in [1.165, 1.54) is 24.0 Å². The normalized spacial score (nSPS) is 36.9. The van der Waals surface area contributed by atoms with Crippen molar-refractivity contribution < 1.29 is 9.84 Å². The fourth-order valence-corrected chi connectivity index (χ4v) is 5.90. The zero-order valence-electron chi connectivity index (χ0n) is 14.5. The van der Waals surface area contributed by atoms with E-state index < -0.39 is 0 Å². The Morgan fingerprint density at radius 1 is 1.29 bits per heavy atom. The summed E-state index contributed by atoms with van der Waals surface area (Å²) in [4.78, 5) is 0. The maximum absolute atomic E-state index is 10.5. The number of aryl methyl sites for hydroxylation is 1. The summed E-state index contributed by atoms with van der Waals surface area (Å²) in [5.41, 5.74) is 3.66.